The van der Waals surface area contributed by atoms with Gasteiger partial charge >= 0.3 is 0 Å². The molecule has 1 N–H and O–H groups in total. The highest BCUT2D eigenvalue weighted by molar-refractivity contribution is 6.35. The Balaban J connectivity index is 1.92. The van der Waals surface area contributed by atoms with Gasteiger partial charge in [-0.1, -0.05) is 48.5 Å². The van der Waals surface area contributed by atoms with E-state index in [1.807, 2.05) is 6.07 Å². The lowest BCUT2D eigenvalue weighted by molar-refractivity contribution is -0.122. The predicted molar refractivity (Wildman–Crippen MR) is 101 cm³/mol. The summed E-state index contributed by atoms with van der Waals surface area (Å²) < 4.78 is 5.05. The summed E-state index contributed by atoms with van der Waals surface area (Å²) in [5.41, 5.74) is 0.845. The van der Waals surface area contributed by atoms with Gasteiger partial charge in [-0.05, 0) is 36.6 Å². The van der Waals surface area contributed by atoms with Gasteiger partial charge in [0, 0.05) is 16.1 Å². The molecule has 1 aliphatic rings. The number of methoxy groups -OCH3 is 1. The van der Waals surface area contributed by atoms with Crippen LogP contribution in [0.15, 0.2) is 36.5 Å². The summed E-state index contributed by atoms with van der Waals surface area (Å²) in [7, 11) is 1.56. The van der Waals surface area contributed by atoms with Gasteiger partial charge in [0.2, 0.25) is 11.8 Å². The summed E-state index contributed by atoms with van der Waals surface area (Å²) in [4.78, 5) is 17.4. The largest absolute Gasteiger partial charge is 0.481 e. The average molecular weight is 379 g/mol. The molecule has 1 aromatic heterocycles. The Labute approximate surface area is 157 Å². The van der Waals surface area contributed by atoms with E-state index in [9.17, 15) is 4.79 Å². The molecule has 132 valence electrons. The molecule has 1 aromatic carbocycles. The molecule has 6 heteroatoms. The molecule has 3 rings (SSSR count). The van der Waals surface area contributed by atoms with E-state index in [4.69, 9.17) is 27.9 Å². The number of anilines is 1. The maximum absolute atomic E-state index is 13.2. The van der Waals surface area contributed by atoms with E-state index in [-0.39, 0.29) is 5.91 Å². The lowest BCUT2D eigenvalue weighted by Crippen LogP contribution is -2.42. The zero-order chi connectivity index (χ0) is 17.9. The summed E-state index contributed by atoms with van der Waals surface area (Å²) in [6, 6.07) is 8.88. The number of benzene rings is 1. The third-order valence-corrected chi connectivity index (χ3v) is 5.34. The summed E-state index contributed by atoms with van der Waals surface area (Å²) >= 11 is 12.5. The summed E-state index contributed by atoms with van der Waals surface area (Å²) in [5.74, 6) is 0.453. The first-order chi connectivity index (χ1) is 12.0. The number of amides is 1. The van der Waals surface area contributed by atoms with Gasteiger partial charge in [0.15, 0.2) is 0 Å². The molecular formula is C19H20Cl2N2O2. The smallest absolute Gasteiger partial charge is 0.235 e. The Kier molecular flexibility index (Phi) is 5.50. The number of aromatic nitrogens is 1. The van der Waals surface area contributed by atoms with Crippen LogP contribution in [0.1, 0.15) is 37.7 Å². The Hall–Kier alpha value is -1.78. The first-order valence-corrected chi connectivity index (χ1v) is 9.08. The summed E-state index contributed by atoms with van der Waals surface area (Å²) in [6.45, 7) is 0. The van der Waals surface area contributed by atoms with Crippen LogP contribution in [0.5, 0.6) is 5.88 Å². The molecule has 1 saturated carbocycles. The molecule has 0 unspecified atom stereocenters. The van der Waals surface area contributed by atoms with Crippen molar-refractivity contribution in [2.45, 2.75) is 37.5 Å². The number of nitrogens with one attached hydrogen (secondary N) is 1. The molecule has 0 saturated heterocycles. The van der Waals surface area contributed by atoms with Crippen LogP contribution in [0, 0.1) is 0 Å². The highest BCUT2D eigenvalue weighted by atomic mass is 35.5. The van der Waals surface area contributed by atoms with Gasteiger partial charge in [0.1, 0.15) is 0 Å². The monoisotopic (exact) mass is 378 g/mol. The predicted octanol–water partition coefficient (Wildman–Crippen LogP) is 5.24. The number of nitrogens with zero attached hydrogens (tertiary/aromatic N) is 1. The molecule has 25 heavy (non-hydrogen) atoms. The van der Waals surface area contributed by atoms with Crippen molar-refractivity contribution in [1.29, 1.82) is 0 Å². The van der Waals surface area contributed by atoms with E-state index in [1.165, 1.54) is 0 Å². The lowest BCUT2D eigenvalue weighted by atomic mass is 9.68. The normalized spacial score (nSPS) is 16.3. The van der Waals surface area contributed by atoms with Gasteiger partial charge < -0.3 is 10.1 Å². The quantitative estimate of drug-likeness (QED) is 0.791. The second-order valence-corrected chi connectivity index (χ2v) is 7.15. The van der Waals surface area contributed by atoms with E-state index >= 15 is 0 Å². The van der Waals surface area contributed by atoms with Gasteiger partial charge in [-0.25, -0.2) is 4.98 Å². The van der Waals surface area contributed by atoms with Gasteiger partial charge in [-0.15, -0.1) is 0 Å². The fourth-order valence-corrected chi connectivity index (χ4v) is 4.07. The first-order valence-electron chi connectivity index (χ1n) is 8.32. The fourth-order valence-electron chi connectivity index (χ4n) is 3.48. The summed E-state index contributed by atoms with van der Waals surface area (Å²) in [5, 5.41) is 4.10. The maximum atomic E-state index is 13.2. The number of hydrogen-bond donors (Lipinski definition) is 1. The number of ether oxygens (including phenoxy) is 1. The van der Waals surface area contributed by atoms with E-state index in [1.54, 1.807) is 37.6 Å². The fraction of sp³-hybridized carbons (Fsp3) is 0.368. The average Bonchev–Trinajstić information content (AvgIpc) is 2.63. The van der Waals surface area contributed by atoms with Crippen LogP contribution in [0.4, 0.5) is 5.69 Å². The third-order valence-electron chi connectivity index (χ3n) is 4.79. The van der Waals surface area contributed by atoms with E-state index in [0.717, 1.165) is 37.7 Å². The SMILES string of the molecule is COc1ccc(NC(=O)C2(c3ccc(Cl)cc3Cl)CCCCC2)cn1. The van der Waals surface area contributed by atoms with E-state index in [2.05, 4.69) is 10.3 Å². The number of carbonyl (C=O) groups excluding carboxylic acids is 1. The molecule has 1 amide bonds. The van der Waals surface area contributed by atoms with Crippen LogP contribution in [0.25, 0.3) is 0 Å². The molecule has 1 heterocycles. The van der Waals surface area contributed by atoms with Crippen molar-refractivity contribution in [3.05, 3.63) is 52.1 Å². The molecule has 0 spiro atoms. The van der Waals surface area contributed by atoms with Gasteiger partial charge in [0.25, 0.3) is 0 Å². The van der Waals surface area contributed by atoms with Crippen LogP contribution in [-0.2, 0) is 10.2 Å². The topological polar surface area (TPSA) is 51.2 Å². The Morgan fingerprint density at radius 1 is 1.16 bits per heavy atom. The molecule has 1 aliphatic carbocycles. The molecule has 0 radical (unpaired) electrons. The highest BCUT2D eigenvalue weighted by Crippen LogP contribution is 2.43. The lowest BCUT2D eigenvalue weighted by Gasteiger charge is -2.37. The maximum Gasteiger partial charge on any atom is 0.235 e. The molecular weight excluding hydrogens is 359 g/mol. The van der Waals surface area contributed by atoms with Crippen molar-refractivity contribution in [2.75, 3.05) is 12.4 Å². The zero-order valence-corrected chi connectivity index (χ0v) is 15.5. The number of pyridine rings is 1. The standard InChI is InChI=1S/C19H20Cl2N2O2/c1-25-17-8-6-14(12-22-17)23-18(24)19(9-3-2-4-10-19)15-7-5-13(20)11-16(15)21/h5-8,11-12H,2-4,9-10H2,1H3,(H,23,24). The van der Waals surface area contributed by atoms with Crippen molar-refractivity contribution >= 4 is 34.8 Å². The zero-order valence-electron chi connectivity index (χ0n) is 14.0. The van der Waals surface area contributed by atoms with Crippen LogP contribution in [-0.4, -0.2) is 18.0 Å². The number of rotatable bonds is 4. The van der Waals surface area contributed by atoms with Crippen LogP contribution < -0.4 is 10.1 Å². The van der Waals surface area contributed by atoms with Crippen molar-refractivity contribution in [2.24, 2.45) is 0 Å². The molecule has 0 atom stereocenters. The van der Waals surface area contributed by atoms with Gasteiger partial charge in [0.05, 0.1) is 24.4 Å². The minimum absolute atomic E-state index is 0.0524. The first kappa shape index (κ1) is 18.0. The van der Waals surface area contributed by atoms with E-state index in [0.29, 0.717) is 21.6 Å². The number of halogens is 2. The molecule has 1 fully saturated rings. The van der Waals surface area contributed by atoms with E-state index < -0.39 is 5.41 Å². The van der Waals surface area contributed by atoms with Gasteiger partial charge in [-0.2, -0.15) is 0 Å². The third kappa shape index (κ3) is 3.75. The van der Waals surface area contributed by atoms with Crippen LogP contribution in [0.3, 0.4) is 0 Å². The van der Waals surface area contributed by atoms with Crippen LogP contribution in [0.2, 0.25) is 10.0 Å². The molecule has 0 bridgehead atoms. The summed E-state index contributed by atoms with van der Waals surface area (Å²) in [6.07, 6.45) is 6.25. The second-order valence-electron chi connectivity index (χ2n) is 6.31. The molecule has 4 nitrogen and oxygen atoms in total. The van der Waals surface area contributed by atoms with Crippen molar-refractivity contribution in [3.63, 3.8) is 0 Å². The van der Waals surface area contributed by atoms with Gasteiger partial charge in [-0.3, -0.25) is 4.79 Å². The number of hydrogen-bond acceptors (Lipinski definition) is 3. The highest BCUT2D eigenvalue weighted by Gasteiger charge is 2.42. The Morgan fingerprint density at radius 3 is 2.52 bits per heavy atom. The molecule has 2 aromatic rings. The second kappa shape index (κ2) is 7.63. The number of carbonyl (C=O) groups is 1. The Morgan fingerprint density at radius 2 is 1.92 bits per heavy atom. The van der Waals surface area contributed by atoms with Crippen molar-refractivity contribution in [3.8, 4) is 5.88 Å². The Bertz CT molecular complexity index is 757. The minimum Gasteiger partial charge on any atom is -0.481 e. The minimum atomic E-state index is -0.639. The van der Waals surface area contributed by atoms with Crippen LogP contribution >= 0.6 is 23.2 Å². The molecule has 0 aliphatic heterocycles. The van der Waals surface area contributed by atoms with Crippen molar-refractivity contribution in [1.82, 2.24) is 4.98 Å². The van der Waals surface area contributed by atoms with Crippen molar-refractivity contribution < 1.29 is 9.53 Å².